The number of hydrogen-bond donors (Lipinski definition) is 2. The van der Waals surface area contributed by atoms with E-state index in [1.54, 1.807) is 11.3 Å². The number of nitrogens with zero attached hydrogens (tertiary/aromatic N) is 2. The molecule has 0 aromatic carbocycles. The van der Waals surface area contributed by atoms with Crippen LogP contribution in [-0.4, -0.2) is 41.7 Å². The monoisotopic (exact) mass is 311 g/mol. The van der Waals surface area contributed by atoms with E-state index in [1.165, 1.54) is 0 Å². The fourth-order valence-corrected chi connectivity index (χ4v) is 3.51. The minimum atomic E-state index is 0.110. The SMILES string of the molecule is Cc1csc(N2CCC(C(=O)NC(C)CCCO)CC2)n1. The minimum absolute atomic E-state index is 0.110. The Morgan fingerprint density at radius 3 is 2.86 bits per heavy atom. The van der Waals surface area contributed by atoms with Crippen LogP contribution in [0.5, 0.6) is 0 Å². The largest absolute Gasteiger partial charge is 0.396 e. The van der Waals surface area contributed by atoms with Crippen molar-refractivity contribution in [3.05, 3.63) is 11.1 Å². The van der Waals surface area contributed by atoms with Gasteiger partial charge in [-0.3, -0.25) is 4.79 Å². The minimum Gasteiger partial charge on any atom is -0.396 e. The van der Waals surface area contributed by atoms with Crippen molar-refractivity contribution in [2.75, 3.05) is 24.6 Å². The topological polar surface area (TPSA) is 65.5 Å². The highest BCUT2D eigenvalue weighted by atomic mass is 32.1. The number of aliphatic hydroxyl groups excluding tert-OH is 1. The summed E-state index contributed by atoms with van der Waals surface area (Å²) < 4.78 is 0. The number of aryl methyl sites for hydroxylation is 1. The first-order chi connectivity index (χ1) is 10.1. The normalized spacial score (nSPS) is 17.8. The fourth-order valence-electron chi connectivity index (χ4n) is 2.65. The quantitative estimate of drug-likeness (QED) is 0.843. The first-order valence-electron chi connectivity index (χ1n) is 7.68. The third-order valence-corrected chi connectivity index (χ3v) is 4.95. The summed E-state index contributed by atoms with van der Waals surface area (Å²) in [7, 11) is 0. The number of carbonyl (C=O) groups excluding carboxylic acids is 1. The summed E-state index contributed by atoms with van der Waals surface area (Å²) in [6, 6.07) is 0.143. The Labute approximate surface area is 130 Å². The molecule has 6 heteroatoms. The molecule has 0 saturated carbocycles. The second kappa shape index (κ2) is 7.75. The van der Waals surface area contributed by atoms with Gasteiger partial charge in [0, 0.05) is 37.0 Å². The highest BCUT2D eigenvalue weighted by Gasteiger charge is 2.26. The van der Waals surface area contributed by atoms with Gasteiger partial charge in [0.05, 0.1) is 5.69 Å². The van der Waals surface area contributed by atoms with Crippen molar-refractivity contribution in [2.45, 2.75) is 45.6 Å². The molecule has 2 rings (SSSR count). The average Bonchev–Trinajstić information content (AvgIpc) is 2.92. The highest BCUT2D eigenvalue weighted by molar-refractivity contribution is 7.13. The second-order valence-electron chi connectivity index (χ2n) is 5.81. The van der Waals surface area contributed by atoms with Crippen molar-refractivity contribution in [1.82, 2.24) is 10.3 Å². The Morgan fingerprint density at radius 1 is 1.57 bits per heavy atom. The van der Waals surface area contributed by atoms with Crippen molar-refractivity contribution >= 4 is 22.4 Å². The number of amides is 1. The number of anilines is 1. The van der Waals surface area contributed by atoms with Crippen molar-refractivity contribution in [2.24, 2.45) is 5.92 Å². The lowest BCUT2D eigenvalue weighted by Crippen LogP contribution is -2.43. The first kappa shape index (κ1) is 16.2. The number of piperidine rings is 1. The van der Waals surface area contributed by atoms with Gasteiger partial charge in [0.1, 0.15) is 0 Å². The molecular weight excluding hydrogens is 286 g/mol. The van der Waals surface area contributed by atoms with Crippen LogP contribution in [0, 0.1) is 12.8 Å². The van der Waals surface area contributed by atoms with Gasteiger partial charge in [0.25, 0.3) is 0 Å². The third kappa shape index (κ3) is 4.68. The van der Waals surface area contributed by atoms with Crippen LogP contribution in [0.25, 0.3) is 0 Å². The summed E-state index contributed by atoms with van der Waals surface area (Å²) in [6.07, 6.45) is 3.34. The number of nitrogens with one attached hydrogen (secondary N) is 1. The van der Waals surface area contributed by atoms with E-state index >= 15 is 0 Å². The molecule has 0 aliphatic carbocycles. The lowest BCUT2D eigenvalue weighted by molar-refractivity contribution is -0.126. The zero-order valence-corrected chi connectivity index (χ0v) is 13.7. The van der Waals surface area contributed by atoms with Gasteiger partial charge < -0.3 is 15.3 Å². The maximum absolute atomic E-state index is 12.2. The first-order valence-corrected chi connectivity index (χ1v) is 8.56. The molecule has 1 aromatic rings. The molecule has 1 aromatic heterocycles. The standard InChI is InChI=1S/C15H25N3O2S/c1-11(4-3-9-19)16-14(20)13-5-7-18(8-6-13)15-17-12(2)10-21-15/h10-11,13,19H,3-9H2,1-2H3,(H,16,20). The Balaban J connectivity index is 1.76. The molecule has 1 aliphatic rings. The number of carbonyl (C=O) groups is 1. The van der Waals surface area contributed by atoms with Crippen molar-refractivity contribution in [3.8, 4) is 0 Å². The lowest BCUT2D eigenvalue weighted by atomic mass is 9.95. The molecule has 1 aliphatic heterocycles. The lowest BCUT2D eigenvalue weighted by Gasteiger charge is -2.31. The van der Waals surface area contributed by atoms with Gasteiger partial charge in [0.2, 0.25) is 5.91 Å². The zero-order valence-electron chi connectivity index (χ0n) is 12.8. The van der Waals surface area contributed by atoms with E-state index in [1.807, 2.05) is 13.8 Å². The molecule has 1 fully saturated rings. The van der Waals surface area contributed by atoms with E-state index < -0.39 is 0 Å². The summed E-state index contributed by atoms with van der Waals surface area (Å²) in [5.41, 5.74) is 1.06. The maximum Gasteiger partial charge on any atom is 0.223 e. The average molecular weight is 311 g/mol. The van der Waals surface area contributed by atoms with E-state index in [9.17, 15) is 4.79 Å². The van der Waals surface area contributed by atoms with Gasteiger partial charge in [-0.25, -0.2) is 4.98 Å². The molecule has 1 saturated heterocycles. The molecule has 0 radical (unpaired) electrons. The molecule has 0 spiro atoms. The van der Waals surface area contributed by atoms with Gasteiger partial charge >= 0.3 is 0 Å². The van der Waals surface area contributed by atoms with Crippen LogP contribution < -0.4 is 10.2 Å². The number of rotatable bonds is 6. The number of hydrogen-bond acceptors (Lipinski definition) is 5. The van der Waals surface area contributed by atoms with E-state index in [4.69, 9.17) is 5.11 Å². The highest BCUT2D eigenvalue weighted by Crippen LogP contribution is 2.26. The van der Waals surface area contributed by atoms with Crippen LogP contribution in [0.15, 0.2) is 5.38 Å². The maximum atomic E-state index is 12.2. The third-order valence-electron chi connectivity index (χ3n) is 3.93. The van der Waals surface area contributed by atoms with Crippen LogP contribution in [0.3, 0.4) is 0 Å². The molecule has 1 unspecified atom stereocenters. The van der Waals surface area contributed by atoms with Gasteiger partial charge in [-0.15, -0.1) is 11.3 Å². The summed E-state index contributed by atoms with van der Waals surface area (Å²) in [6.45, 7) is 5.99. The van der Waals surface area contributed by atoms with Gasteiger partial charge in [-0.05, 0) is 39.5 Å². The van der Waals surface area contributed by atoms with E-state index in [-0.39, 0.29) is 24.5 Å². The van der Waals surface area contributed by atoms with Gasteiger partial charge in [0.15, 0.2) is 5.13 Å². The number of aromatic nitrogens is 1. The van der Waals surface area contributed by atoms with Gasteiger partial charge in [-0.1, -0.05) is 0 Å². The zero-order chi connectivity index (χ0) is 15.2. The Hall–Kier alpha value is -1.14. The summed E-state index contributed by atoms with van der Waals surface area (Å²) in [5, 5.41) is 15.0. The molecule has 1 amide bonds. The van der Waals surface area contributed by atoms with Crippen molar-refractivity contribution in [3.63, 3.8) is 0 Å². The van der Waals surface area contributed by atoms with Crippen LogP contribution >= 0.6 is 11.3 Å². The van der Waals surface area contributed by atoms with Crippen LogP contribution in [0.4, 0.5) is 5.13 Å². The van der Waals surface area contributed by atoms with Gasteiger partial charge in [-0.2, -0.15) is 0 Å². The summed E-state index contributed by atoms with van der Waals surface area (Å²) >= 11 is 1.68. The molecule has 118 valence electrons. The molecule has 21 heavy (non-hydrogen) atoms. The Kier molecular flexibility index (Phi) is 5.99. The fraction of sp³-hybridized carbons (Fsp3) is 0.733. The smallest absolute Gasteiger partial charge is 0.223 e. The number of aliphatic hydroxyl groups is 1. The van der Waals surface area contributed by atoms with Crippen molar-refractivity contribution < 1.29 is 9.90 Å². The Morgan fingerprint density at radius 2 is 2.29 bits per heavy atom. The molecule has 1 atom stereocenters. The molecular formula is C15H25N3O2S. The van der Waals surface area contributed by atoms with E-state index in [0.717, 1.165) is 49.6 Å². The van der Waals surface area contributed by atoms with Crippen molar-refractivity contribution in [1.29, 1.82) is 0 Å². The molecule has 2 N–H and O–H groups in total. The molecule has 0 bridgehead atoms. The van der Waals surface area contributed by atoms with Crippen LogP contribution in [0.1, 0.15) is 38.3 Å². The predicted octanol–water partition coefficient (Wildman–Crippen LogP) is 1.95. The number of thiazole rings is 1. The predicted molar refractivity (Wildman–Crippen MR) is 85.7 cm³/mol. The molecule has 5 nitrogen and oxygen atoms in total. The molecule has 2 heterocycles. The second-order valence-corrected chi connectivity index (χ2v) is 6.64. The van der Waals surface area contributed by atoms with E-state index in [0.29, 0.717) is 0 Å². The van der Waals surface area contributed by atoms with E-state index in [2.05, 4.69) is 20.6 Å². The van der Waals surface area contributed by atoms with Crippen LogP contribution in [-0.2, 0) is 4.79 Å². The van der Waals surface area contributed by atoms with Crippen LogP contribution in [0.2, 0.25) is 0 Å². The summed E-state index contributed by atoms with van der Waals surface area (Å²) in [4.78, 5) is 19.0. The summed E-state index contributed by atoms with van der Waals surface area (Å²) in [5.74, 6) is 0.272. The Bertz CT molecular complexity index is 456.